The van der Waals surface area contributed by atoms with Gasteiger partial charge in [0.2, 0.25) is 5.91 Å². The van der Waals surface area contributed by atoms with Gasteiger partial charge in [0.1, 0.15) is 0 Å². The van der Waals surface area contributed by atoms with Gasteiger partial charge in [-0.25, -0.2) is 0 Å². The van der Waals surface area contributed by atoms with Crippen molar-refractivity contribution in [2.24, 2.45) is 5.92 Å². The Hall–Kier alpha value is -0.350. The molecule has 0 fully saturated rings. The number of anilines is 1. The number of rotatable bonds is 4. The lowest BCUT2D eigenvalue weighted by atomic mass is 10.1. The lowest BCUT2D eigenvalue weighted by Gasteiger charge is -2.16. The SMILES string of the molecule is CCc1cc(Br)ccc1NC(=O)C(Br)C(C)C. The van der Waals surface area contributed by atoms with E-state index in [1.165, 1.54) is 0 Å². The molecule has 0 aromatic heterocycles. The summed E-state index contributed by atoms with van der Waals surface area (Å²) in [6.45, 7) is 6.11. The lowest BCUT2D eigenvalue weighted by Crippen LogP contribution is -2.27. The van der Waals surface area contributed by atoms with Crippen LogP contribution < -0.4 is 5.32 Å². The second-order valence-corrected chi connectivity index (χ2v) is 6.19. The number of nitrogens with one attached hydrogen (secondary N) is 1. The first-order valence-corrected chi connectivity index (χ1v) is 7.40. The summed E-state index contributed by atoms with van der Waals surface area (Å²) in [5.74, 6) is 0.285. The highest BCUT2D eigenvalue weighted by atomic mass is 79.9. The van der Waals surface area contributed by atoms with Crippen molar-refractivity contribution in [2.45, 2.75) is 32.0 Å². The van der Waals surface area contributed by atoms with Crippen molar-refractivity contribution < 1.29 is 4.79 Å². The smallest absolute Gasteiger partial charge is 0.238 e. The van der Waals surface area contributed by atoms with Crippen LogP contribution in [0, 0.1) is 5.92 Å². The highest BCUT2D eigenvalue weighted by molar-refractivity contribution is 9.10. The Kier molecular flexibility index (Phi) is 5.67. The Morgan fingerprint density at radius 3 is 2.59 bits per heavy atom. The van der Waals surface area contributed by atoms with Crippen LogP contribution in [0.2, 0.25) is 0 Å². The van der Waals surface area contributed by atoms with Crippen molar-refractivity contribution in [2.75, 3.05) is 5.32 Å². The van der Waals surface area contributed by atoms with Gasteiger partial charge in [-0.3, -0.25) is 4.79 Å². The Morgan fingerprint density at radius 1 is 1.41 bits per heavy atom. The van der Waals surface area contributed by atoms with Gasteiger partial charge in [-0.05, 0) is 36.1 Å². The first-order valence-electron chi connectivity index (χ1n) is 5.69. The predicted molar refractivity (Wildman–Crippen MR) is 79.7 cm³/mol. The predicted octanol–water partition coefficient (Wildman–Crippen LogP) is 4.37. The van der Waals surface area contributed by atoms with E-state index in [1.807, 2.05) is 32.0 Å². The number of alkyl halides is 1. The summed E-state index contributed by atoms with van der Waals surface area (Å²) < 4.78 is 1.03. The zero-order valence-corrected chi connectivity index (χ0v) is 13.4. The highest BCUT2D eigenvalue weighted by Crippen LogP contribution is 2.23. The molecule has 1 aromatic rings. The molecule has 0 aliphatic carbocycles. The van der Waals surface area contributed by atoms with Crippen molar-refractivity contribution in [1.82, 2.24) is 0 Å². The molecule has 1 rings (SSSR count). The number of amides is 1. The normalized spacial score (nSPS) is 12.6. The molecule has 1 unspecified atom stereocenters. The van der Waals surface area contributed by atoms with Crippen LogP contribution in [-0.4, -0.2) is 10.7 Å². The summed E-state index contributed by atoms with van der Waals surface area (Å²) in [4.78, 5) is 11.8. The maximum Gasteiger partial charge on any atom is 0.238 e. The van der Waals surface area contributed by atoms with E-state index < -0.39 is 0 Å². The van der Waals surface area contributed by atoms with E-state index >= 15 is 0 Å². The van der Waals surface area contributed by atoms with Crippen molar-refractivity contribution in [3.63, 3.8) is 0 Å². The molecule has 0 heterocycles. The summed E-state index contributed by atoms with van der Waals surface area (Å²) in [5, 5.41) is 2.96. The molecular formula is C13H17Br2NO. The van der Waals surface area contributed by atoms with Gasteiger partial charge in [0.05, 0.1) is 4.83 Å². The largest absolute Gasteiger partial charge is 0.325 e. The summed E-state index contributed by atoms with van der Waals surface area (Å²) in [6, 6.07) is 5.91. The average molecular weight is 363 g/mol. The van der Waals surface area contributed by atoms with E-state index in [0.29, 0.717) is 0 Å². The quantitative estimate of drug-likeness (QED) is 0.791. The molecular weight excluding hydrogens is 346 g/mol. The van der Waals surface area contributed by atoms with Crippen LogP contribution in [0.15, 0.2) is 22.7 Å². The van der Waals surface area contributed by atoms with E-state index in [1.54, 1.807) is 0 Å². The minimum atomic E-state index is -0.157. The molecule has 0 saturated heterocycles. The van der Waals surface area contributed by atoms with Gasteiger partial charge in [0.25, 0.3) is 0 Å². The van der Waals surface area contributed by atoms with Crippen molar-refractivity contribution in [1.29, 1.82) is 0 Å². The van der Waals surface area contributed by atoms with Crippen LogP contribution in [0.1, 0.15) is 26.3 Å². The van der Waals surface area contributed by atoms with E-state index in [9.17, 15) is 4.79 Å². The minimum Gasteiger partial charge on any atom is -0.325 e. The van der Waals surface area contributed by atoms with E-state index in [0.717, 1.165) is 22.1 Å². The molecule has 94 valence electrons. The van der Waals surface area contributed by atoms with Crippen molar-refractivity contribution in [3.8, 4) is 0 Å². The van der Waals surface area contributed by atoms with E-state index in [2.05, 4.69) is 44.1 Å². The molecule has 2 nitrogen and oxygen atoms in total. The van der Waals surface area contributed by atoms with Gasteiger partial charge in [0, 0.05) is 10.2 Å². The second-order valence-electron chi connectivity index (χ2n) is 4.29. The summed E-state index contributed by atoms with van der Waals surface area (Å²) in [7, 11) is 0. The molecule has 0 aliphatic heterocycles. The monoisotopic (exact) mass is 361 g/mol. The fourth-order valence-electron chi connectivity index (χ4n) is 1.48. The maximum atomic E-state index is 11.9. The minimum absolute atomic E-state index is 0.0111. The van der Waals surface area contributed by atoms with E-state index in [4.69, 9.17) is 0 Å². The topological polar surface area (TPSA) is 29.1 Å². The van der Waals surface area contributed by atoms with Crippen molar-refractivity contribution in [3.05, 3.63) is 28.2 Å². The number of carbonyl (C=O) groups is 1. The van der Waals surface area contributed by atoms with Gasteiger partial charge >= 0.3 is 0 Å². The molecule has 1 aromatic carbocycles. The maximum absolute atomic E-state index is 11.9. The molecule has 0 aliphatic rings. The number of aryl methyl sites for hydroxylation is 1. The number of halogens is 2. The molecule has 1 N–H and O–H groups in total. The summed E-state index contributed by atoms with van der Waals surface area (Å²) in [6.07, 6.45) is 0.893. The van der Waals surface area contributed by atoms with Crippen molar-refractivity contribution >= 4 is 43.5 Å². The zero-order valence-electron chi connectivity index (χ0n) is 10.3. The summed E-state index contributed by atoms with van der Waals surface area (Å²) in [5.41, 5.74) is 2.03. The third-order valence-electron chi connectivity index (χ3n) is 2.54. The van der Waals surface area contributed by atoms with Gasteiger partial charge in [-0.15, -0.1) is 0 Å². The zero-order chi connectivity index (χ0) is 13.0. The Bertz CT molecular complexity index is 404. The van der Waals surface area contributed by atoms with Crippen LogP contribution in [0.4, 0.5) is 5.69 Å². The molecule has 1 atom stereocenters. The molecule has 1 amide bonds. The molecule has 0 saturated carbocycles. The van der Waals surface area contributed by atoms with Gasteiger partial charge in [-0.2, -0.15) is 0 Å². The molecule has 0 radical (unpaired) electrons. The number of carbonyl (C=O) groups excluding carboxylic acids is 1. The Morgan fingerprint density at radius 2 is 2.06 bits per heavy atom. The standard InChI is InChI=1S/C13H17Br2NO/c1-4-9-7-10(14)5-6-11(9)16-13(17)12(15)8(2)3/h5-8,12H,4H2,1-3H3,(H,16,17). The van der Waals surface area contributed by atoms with Crippen LogP contribution >= 0.6 is 31.9 Å². The fourth-order valence-corrected chi connectivity index (χ4v) is 2.00. The Balaban J connectivity index is 2.84. The van der Waals surface area contributed by atoms with E-state index in [-0.39, 0.29) is 16.7 Å². The van der Waals surface area contributed by atoms with Crippen LogP contribution in [0.5, 0.6) is 0 Å². The fraction of sp³-hybridized carbons (Fsp3) is 0.462. The average Bonchev–Trinajstić information content (AvgIpc) is 2.30. The third kappa shape index (κ3) is 4.11. The lowest BCUT2D eigenvalue weighted by molar-refractivity contribution is -0.116. The van der Waals surface area contributed by atoms with Gasteiger partial charge in [-0.1, -0.05) is 52.6 Å². The number of hydrogen-bond donors (Lipinski definition) is 1. The van der Waals surface area contributed by atoms with Gasteiger partial charge < -0.3 is 5.32 Å². The van der Waals surface area contributed by atoms with Crippen LogP contribution in [0.3, 0.4) is 0 Å². The molecule has 0 bridgehead atoms. The first-order chi connectivity index (χ1) is 7.95. The molecule has 17 heavy (non-hydrogen) atoms. The third-order valence-corrected chi connectivity index (χ3v) is 4.51. The molecule has 4 heteroatoms. The Labute approximate surface area is 119 Å². The number of hydrogen-bond acceptors (Lipinski definition) is 1. The van der Waals surface area contributed by atoms with Crippen LogP contribution in [0.25, 0.3) is 0 Å². The summed E-state index contributed by atoms with van der Waals surface area (Å²) >= 11 is 6.84. The van der Waals surface area contributed by atoms with Crippen LogP contribution in [-0.2, 0) is 11.2 Å². The number of benzene rings is 1. The molecule has 0 spiro atoms. The second kappa shape index (κ2) is 6.55. The first kappa shape index (κ1) is 14.7. The highest BCUT2D eigenvalue weighted by Gasteiger charge is 2.19. The van der Waals surface area contributed by atoms with Gasteiger partial charge in [0.15, 0.2) is 0 Å².